The van der Waals surface area contributed by atoms with Crippen LogP contribution in [0.15, 0.2) is 42.5 Å². The predicted octanol–water partition coefficient (Wildman–Crippen LogP) is 3.02. The average Bonchev–Trinajstić information content (AvgIpc) is 2.47. The maximum Gasteiger partial charge on any atom is 0.337 e. The molecule has 1 amide bonds. The van der Waals surface area contributed by atoms with Gasteiger partial charge in [-0.1, -0.05) is 30.3 Å². The Labute approximate surface area is 128 Å². The van der Waals surface area contributed by atoms with Crippen molar-refractivity contribution in [1.29, 1.82) is 0 Å². The summed E-state index contributed by atoms with van der Waals surface area (Å²) in [4.78, 5) is 23.0. The molecule has 0 saturated heterocycles. The van der Waals surface area contributed by atoms with Crippen LogP contribution < -0.4 is 10.1 Å². The second-order valence-electron chi connectivity index (χ2n) is 4.91. The highest BCUT2D eigenvalue weighted by Crippen LogP contribution is 2.22. The van der Waals surface area contributed by atoms with Gasteiger partial charge >= 0.3 is 5.97 Å². The third kappa shape index (κ3) is 3.63. The van der Waals surface area contributed by atoms with Gasteiger partial charge in [-0.05, 0) is 37.1 Å². The van der Waals surface area contributed by atoms with Gasteiger partial charge in [0, 0.05) is 0 Å². The molecular weight excluding hydrogens is 282 g/mol. The Morgan fingerprint density at radius 3 is 2.32 bits per heavy atom. The van der Waals surface area contributed by atoms with Gasteiger partial charge < -0.3 is 15.2 Å². The number of amides is 1. The van der Waals surface area contributed by atoms with E-state index in [-0.39, 0.29) is 17.9 Å². The van der Waals surface area contributed by atoms with E-state index in [4.69, 9.17) is 9.84 Å². The zero-order valence-corrected chi connectivity index (χ0v) is 12.4. The molecule has 0 atom stereocenters. The van der Waals surface area contributed by atoms with Crippen molar-refractivity contribution < 1.29 is 19.4 Å². The molecule has 0 spiro atoms. The molecule has 0 aromatic heterocycles. The summed E-state index contributed by atoms with van der Waals surface area (Å²) >= 11 is 0. The minimum absolute atomic E-state index is 0.0444. The monoisotopic (exact) mass is 299 g/mol. The van der Waals surface area contributed by atoms with Gasteiger partial charge in [-0.2, -0.15) is 0 Å². The van der Waals surface area contributed by atoms with Crippen molar-refractivity contribution >= 4 is 17.6 Å². The molecule has 0 fully saturated rings. The molecule has 0 heterocycles. The van der Waals surface area contributed by atoms with E-state index in [2.05, 4.69) is 5.32 Å². The number of hydrogen-bond donors (Lipinski definition) is 2. The zero-order valence-electron chi connectivity index (χ0n) is 12.4. The van der Waals surface area contributed by atoms with Crippen LogP contribution >= 0.6 is 0 Å². The highest BCUT2D eigenvalue weighted by molar-refractivity contribution is 6.00. The van der Waals surface area contributed by atoms with E-state index in [0.717, 1.165) is 11.1 Å². The van der Waals surface area contributed by atoms with Crippen LogP contribution in [0, 0.1) is 13.8 Å². The molecular formula is C17H17NO4. The van der Waals surface area contributed by atoms with E-state index in [9.17, 15) is 9.59 Å². The minimum atomic E-state index is -1.09. The largest absolute Gasteiger partial charge is 0.483 e. The Morgan fingerprint density at radius 1 is 1.05 bits per heavy atom. The van der Waals surface area contributed by atoms with E-state index in [1.54, 1.807) is 18.2 Å². The van der Waals surface area contributed by atoms with Crippen LogP contribution in [0.2, 0.25) is 0 Å². The number of rotatable bonds is 5. The molecule has 0 aliphatic rings. The van der Waals surface area contributed by atoms with Crippen LogP contribution in [0.1, 0.15) is 21.5 Å². The summed E-state index contributed by atoms with van der Waals surface area (Å²) in [7, 11) is 0. The Morgan fingerprint density at radius 2 is 1.68 bits per heavy atom. The molecule has 0 aliphatic heterocycles. The van der Waals surface area contributed by atoms with Crippen molar-refractivity contribution in [3.05, 3.63) is 59.2 Å². The number of aryl methyl sites for hydroxylation is 2. The SMILES string of the molecule is Cc1cccc(C)c1OCC(=O)Nc1ccccc1C(=O)O. The van der Waals surface area contributed by atoms with Crippen molar-refractivity contribution in [2.45, 2.75) is 13.8 Å². The van der Waals surface area contributed by atoms with Crippen molar-refractivity contribution in [3.8, 4) is 5.75 Å². The Kier molecular flexibility index (Phi) is 4.78. The predicted molar refractivity (Wildman–Crippen MR) is 83.4 cm³/mol. The normalized spacial score (nSPS) is 10.1. The van der Waals surface area contributed by atoms with Gasteiger partial charge in [-0.15, -0.1) is 0 Å². The van der Waals surface area contributed by atoms with Crippen LogP contribution in [0.5, 0.6) is 5.75 Å². The Hall–Kier alpha value is -2.82. The number of carbonyl (C=O) groups excluding carboxylic acids is 1. The number of benzene rings is 2. The molecule has 2 aromatic carbocycles. The third-order valence-electron chi connectivity index (χ3n) is 3.19. The van der Waals surface area contributed by atoms with Crippen molar-refractivity contribution in [1.82, 2.24) is 0 Å². The minimum Gasteiger partial charge on any atom is -0.483 e. The van der Waals surface area contributed by atoms with Gasteiger partial charge in [0.25, 0.3) is 5.91 Å². The molecule has 2 aromatic rings. The van der Waals surface area contributed by atoms with Crippen LogP contribution in [0.3, 0.4) is 0 Å². The number of carboxylic acid groups (broad SMARTS) is 1. The van der Waals surface area contributed by atoms with Crippen LogP contribution in [-0.2, 0) is 4.79 Å². The fraction of sp³-hybridized carbons (Fsp3) is 0.176. The lowest BCUT2D eigenvalue weighted by Crippen LogP contribution is -2.22. The fourth-order valence-electron chi connectivity index (χ4n) is 2.13. The summed E-state index contributed by atoms with van der Waals surface area (Å²) in [6.45, 7) is 3.62. The first-order valence-corrected chi connectivity index (χ1v) is 6.80. The lowest BCUT2D eigenvalue weighted by atomic mass is 10.1. The lowest BCUT2D eigenvalue weighted by molar-refractivity contribution is -0.118. The van der Waals surface area contributed by atoms with E-state index in [1.807, 2.05) is 32.0 Å². The lowest BCUT2D eigenvalue weighted by Gasteiger charge is -2.12. The van der Waals surface area contributed by atoms with Crippen molar-refractivity contribution in [3.63, 3.8) is 0 Å². The summed E-state index contributed by atoms with van der Waals surface area (Å²) in [6, 6.07) is 12.0. The number of nitrogens with one attached hydrogen (secondary N) is 1. The summed E-state index contributed by atoms with van der Waals surface area (Å²) in [5.41, 5.74) is 2.19. The molecule has 2 rings (SSSR count). The first kappa shape index (κ1) is 15.6. The standard InChI is InChI=1S/C17H17NO4/c1-11-6-5-7-12(2)16(11)22-10-15(19)18-14-9-4-3-8-13(14)17(20)21/h3-9H,10H2,1-2H3,(H,18,19)(H,20,21). The zero-order chi connectivity index (χ0) is 16.1. The number of hydrogen-bond acceptors (Lipinski definition) is 3. The summed E-state index contributed by atoms with van der Waals surface area (Å²) < 4.78 is 5.54. The molecule has 0 aliphatic carbocycles. The smallest absolute Gasteiger partial charge is 0.337 e. The number of anilines is 1. The number of ether oxygens (including phenoxy) is 1. The number of carbonyl (C=O) groups is 2. The quantitative estimate of drug-likeness (QED) is 0.890. The first-order valence-electron chi connectivity index (χ1n) is 6.80. The van der Waals surface area contributed by atoms with Gasteiger partial charge in [0.2, 0.25) is 0 Å². The molecule has 22 heavy (non-hydrogen) atoms. The van der Waals surface area contributed by atoms with Crippen LogP contribution in [0.4, 0.5) is 5.69 Å². The molecule has 0 radical (unpaired) electrons. The molecule has 114 valence electrons. The van der Waals surface area contributed by atoms with E-state index in [0.29, 0.717) is 5.75 Å². The van der Waals surface area contributed by atoms with Crippen LogP contribution in [0.25, 0.3) is 0 Å². The third-order valence-corrected chi connectivity index (χ3v) is 3.19. The molecule has 5 nitrogen and oxygen atoms in total. The van der Waals surface area contributed by atoms with Gasteiger partial charge in [-0.3, -0.25) is 4.79 Å². The van der Waals surface area contributed by atoms with Crippen molar-refractivity contribution in [2.24, 2.45) is 0 Å². The van der Waals surface area contributed by atoms with E-state index in [1.165, 1.54) is 6.07 Å². The summed E-state index contributed by atoms with van der Waals surface area (Å²) in [5, 5.41) is 11.6. The second kappa shape index (κ2) is 6.76. The molecule has 2 N–H and O–H groups in total. The maximum absolute atomic E-state index is 12.0. The fourth-order valence-corrected chi connectivity index (χ4v) is 2.13. The Balaban J connectivity index is 2.04. The van der Waals surface area contributed by atoms with Crippen molar-refractivity contribution in [2.75, 3.05) is 11.9 Å². The van der Waals surface area contributed by atoms with Crippen LogP contribution in [-0.4, -0.2) is 23.6 Å². The molecule has 5 heteroatoms. The number of para-hydroxylation sites is 2. The number of carboxylic acids is 1. The average molecular weight is 299 g/mol. The summed E-state index contributed by atoms with van der Waals surface area (Å²) in [6.07, 6.45) is 0. The second-order valence-corrected chi connectivity index (χ2v) is 4.91. The van der Waals surface area contributed by atoms with Gasteiger partial charge in [-0.25, -0.2) is 4.79 Å². The number of aromatic carboxylic acids is 1. The van der Waals surface area contributed by atoms with E-state index >= 15 is 0 Å². The molecule has 0 saturated carbocycles. The highest BCUT2D eigenvalue weighted by Gasteiger charge is 2.12. The highest BCUT2D eigenvalue weighted by atomic mass is 16.5. The topological polar surface area (TPSA) is 75.6 Å². The molecule has 0 unspecified atom stereocenters. The van der Waals surface area contributed by atoms with Gasteiger partial charge in [0.15, 0.2) is 6.61 Å². The van der Waals surface area contributed by atoms with Gasteiger partial charge in [0.1, 0.15) is 5.75 Å². The Bertz CT molecular complexity index is 689. The first-order chi connectivity index (χ1) is 10.5. The van der Waals surface area contributed by atoms with Gasteiger partial charge in [0.05, 0.1) is 11.3 Å². The summed E-state index contributed by atoms with van der Waals surface area (Å²) in [5.74, 6) is -0.827. The molecule has 0 bridgehead atoms. The maximum atomic E-state index is 12.0. The van der Waals surface area contributed by atoms with E-state index < -0.39 is 11.9 Å².